The van der Waals surface area contributed by atoms with Crippen molar-refractivity contribution >= 4 is 25.7 Å². The minimum absolute atomic E-state index is 0.148. The maximum Gasteiger partial charge on any atom is 0.472 e. The minimum atomic E-state index is -4.72. The molecule has 53 heavy (non-hydrogen) atoms. The average molecular weight is 772 g/mol. The number of aliphatic carboxylic acids is 1. The van der Waals surface area contributed by atoms with Crippen molar-refractivity contribution in [2.45, 2.75) is 187 Å². The molecule has 0 saturated heterocycles. The number of phosphoric ester groups is 1. The van der Waals surface area contributed by atoms with E-state index in [4.69, 9.17) is 24.8 Å². The molecule has 0 aliphatic carbocycles. The van der Waals surface area contributed by atoms with Gasteiger partial charge in [0, 0.05) is 12.8 Å². The number of unbranched alkanes of at least 4 members (excludes halogenated alkanes) is 18. The summed E-state index contributed by atoms with van der Waals surface area (Å²) in [6.45, 7) is 2.72. The van der Waals surface area contributed by atoms with Gasteiger partial charge in [-0.15, -0.1) is 0 Å². The van der Waals surface area contributed by atoms with Crippen LogP contribution in [0.1, 0.15) is 174 Å². The standard InChI is InChI=1S/C41H74NO10P/c1-3-5-7-9-11-13-15-17-19-21-23-25-27-29-31-33-40(44)52-37(35-50-53(47,48)51-36-38(42)41(45)46)34-49-39(43)32-30-28-26-24-22-20-18-16-14-12-10-8-6-4-2/h10,12,16-19,37-38H,3-9,11,13-15,20-36,42H2,1-2H3,(H,45,46)(H,47,48)/b12-10+,18-16+,19-17+/t37-,38+/m1/s1. The van der Waals surface area contributed by atoms with Gasteiger partial charge in [-0.1, -0.05) is 134 Å². The fourth-order valence-electron chi connectivity index (χ4n) is 5.31. The number of hydrogen-bond acceptors (Lipinski definition) is 9. The number of carbonyl (C=O) groups excluding carboxylic acids is 2. The fourth-order valence-corrected chi connectivity index (χ4v) is 6.09. The normalized spacial score (nSPS) is 14.2. The predicted octanol–water partition coefficient (Wildman–Crippen LogP) is 10.4. The molecule has 3 atom stereocenters. The summed E-state index contributed by atoms with van der Waals surface area (Å²) in [6.07, 6.45) is 37.8. The molecular weight excluding hydrogens is 697 g/mol. The van der Waals surface area contributed by atoms with Gasteiger partial charge < -0.3 is 25.2 Å². The van der Waals surface area contributed by atoms with E-state index in [9.17, 15) is 23.8 Å². The Morgan fingerprint density at radius 2 is 1.02 bits per heavy atom. The number of allylic oxidation sites excluding steroid dienone is 6. The Bertz CT molecular complexity index is 1050. The van der Waals surface area contributed by atoms with Crippen LogP contribution in [-0.2, 0) is 37.5 Å². The van der Waals surface area contributed by atoms with E-state index in [0.717, 1.165) is 83.5 Å². The van der Waals surface area contributed by atoms with Crippen molar-refractivity contribution in [3.63, 3.8) is 0 Å². The minimum Gasteiger partial charge on any atom is -0.480 e. The summed E-state index contributed by atoms with van der Waals surface area (Å²) in [5.74, 6) is -2.41. The second-order valence-corrected chi connectivity index (χ2v) is 15.2. The second kappa shape index (κ2) is 36.7. The molecular formula is C41H74NO10P. The largest absolute Gasteiger partial charge is 0.480 e. The van der Waals surface area contributed by atoms with E-state index in [2.05, 4.69) is 54.8 Å². The van der Waals surface area contributed by atoms with Crippen molar-refractivity contribution < 1.29 is 47.5 Å². The first kappa shape index (κ1) is 50.7. The van der Waals surface area contributed by atoms with E-state index >= 15 is 0 Å². The summed E-state index contributed by atoms with van der Waals surface area (Å²) in [6, 6.07) is -1.52. The summed E-state index contributed by atoms with van der Waals surface area (Å²) in [5, 5.41) is 8.87. The summed E-state index contributed by atoms with van der Waals surface area (Å²) in [7, 11) is -4.72. The molecule has 0 radical (unpaired) electrons. The van der Waals surface area contributed by atoms with Crippen LogP contribution in [0.5, 0.6) is 0 Å². The lowest BCUT2D eigenvalue weighted by atomic mass is 10.1. The van der Waals surface area contributed by atoms with Crippen LogP contribution in [0.4, 0.5) is 0 Å². The molecule has 0 aliphatic heterocycles. The Morgan fingerprint density at radius 1 is 0.585 bits per heavy atom. The van der Waals surface area contributed by atoms with E-state index in [1.54, 1.807) is 0 Å². The maximum atomic E-state index is 12.6. The van der Waals surface area contributed by atoms with Gasteiger partial charge in [0.2, 0.25) is 0 Å². The molecule has 0 heterocycles. The van der Waals surface area contributed by atoms with Crippen LogP contribution >= 0.6 is 7.82 Å². The van der Waals surface area contributed by atoms with Gasteiger partial charge in [-0.2, -0.15) is 0 Å². The number of ether oxygens (including phenoxy) is 2. The Labute approximate surface area is 321 Å². The first-order valence-corrected chi connectivity index (χ1v) is 22.0. The zero-order valence-corrected chi connectivity index (χ0v) is 34.0. The summed E-state index contributed by atoms with van der Waals surface area (Å²) in [5.41, 5.74) is 5.32. The maximum absolute atomic E-state index is 12.6. The Balaban J connectivity index is 4.44. The summed E-state index contributed by atoms with van der Waals surface area (Å²) >= 11 is 0. The molecule has 0 rings (SSSR count). The highest BCUT2D eigenvalue weighted by molar-refractivity contribution is 7.47. The van der Waals surface area contributed by atoms with Crippen molar-refractivity contribution in [2.75, 3.05) is 19.8 Å². The van der Waals surface area contributed by atoms with Gasteiger partial charge in [0.25, 0.3) is 0 Å². The number of phosphoric acid groups is 1. The van der Waals surface area contributed by atoms with Crippen molar-refractivity contribution in [3.8, 4) is 0 Å². The van der Waals surface area contributed by atoms with Crippen LogP contribution in [0.2, 0.25) is 0 Å². The Hall–Kier alpha value is -2.30. The molecule has 0 aromatic rings. The third kappa shape index (κ3) is 36.4. The Morgan fingerprint density at radius 3 is 1.55 bits per heavy atom. The lowest BCUT2D eigenvalue weighted by molar-refractivity contribution is -0.161. The lowest BCUT2D eigenvalue weighted by Gasteiger charge is -2.20. The highest BCUT2D eigenvalue weighted by Crippen LogP contribution is 2.43. The van der Waals surface area contributed by atoms with Crippen LogP contribution in [0.25, 0.3) is 0 Å². The van der Waals surface area contributed by atoms with Crippen LogP contribution < -0.4 is 5.73 Å². The highest BCUT2D eigenvalue weighted by Gasteiger charge is 2.28. The van der Waals surface area contributed by atoms with Gasteiger partial charge in [-0.05, 0) is 64.2 Å². The van der Waals surface area contributed by atoms with E-state index in [1.165, 1.54) is 51.4 Å². The summed E-state index contributed by atoms with van der Waals surface area (Å²) < 4.78 is 32.6. The first-order valence-electron chi connectivity index (χ1n) is 20.5. The van der Waals surface area contributed by atoms with E-state index < -0.39 is 51.1 Å². The average Bonchev–Trinajstić information content (AvgIpc) is 3.13. The predicted molar refractivity (Wildman–Crippen MR) is 212 cm³/mol. The topological polar surface area (TPSA) is 172 Å². The molecule has 0 amide bonds. The third-order valence-corrected chi connectivity index (χ3v) is 9.56. The molecule has 1 unspecified atom stereocenters. The van der Waals surface area contributed by atoms with Gasteiger partial charge in [0.1, 0.15) is 12.6 Å². The monoisotopic (exact) mass is 772 g/mol. The second-order valence-electron chi connectivity index (χ2n) is 13.8. The summed E-state index contributed by atoms with van der Waals surface area (Å²) in [4.78, 5) is 45.8. The SMILES string of the molecule is CCCC/C=C/C/C=C/CCCCCCCC(=O)OC[C@H](COP(=O)(O)OC[C@H](N)C(=O)O)OC(=O)CCCCCCC/C=C/CCCCCCCC. The Kier molecular flexibility index (Phi) is 35.1. The zero-order chi connectivity index (χ0) is 39.3. The first-order chi connectivity index (χ1) is 25.6. The van der Waals surface area contributed by atoms with Crippen LogP contribution in [0, 0.1) is 0 Å². The lowest BCUT2D eigenvalue weighted by Crippen LogP contribution is -2.34. The van der Waals surface area contributed by atoms with Crippen molar-refractivity contribution in [3.05, 3.63) is 36.5 Å². The molecule has 0 spiro atoms. The van der Waals surface area contributed by atoms with Gasteiger partial charge in [0.05, 0.1) is 13.2 Å². The van der Waals surface area contributed by atoms with E-state index in [0.29, 0.717) is 12.8 Å². The highest BCUT2D eigenvalue weighted by atomic mass is 31.2. The molecule has 0 aromatic carbocycles. The van der Waals surface area contributed by atoms with Crippen LogP contribution in [0.3, 0.4) is 0 Å². The van der Waals surface area contributed by atoms with Gasteiger partial charge in [-0.3, -0.25) is 23.4 Å². The molecule has 0 aliphatic rings. The van der Waals surface area contributed by atoms with Gasteiger partial charge in [0.15, 0.2) is 6.10 Å². The molecule has 308 valence electrons. The molecule has 0 bridgehead atoms. The molecule has 0 fully saturated rings. The van der Waals surface area contributed by atoms with E-state index in [-0.39, 0.29) is 19.4 Å². The van der Waals surface area contributed by atoms with Crippen molar-refractivity contribution in [1.82, 2.24) is 0 Å². The quantitative estimate of drug-likeness (QED) is 0.0236. The molecule has 0 saturated carbocycles. The van der Waals surface area contributed by atoms with Gasteiger partial charge >= 0.3 is 25.7 Å². The number of rotatable bonds is 38. The molecule has 11 nitrogen and oxygen atoms in total. The van der Waals surface area contributed by atoms with Gasteiger partial charge in [-0.25, -0.2) is 4.57 Å². The van der Waals surface area contributed by atoms with Crippen molar-refractivity contribution in [2.24, 2.45) is 5.73 Å². The third-order valence-electron chi connectivity index (χ3n) is 8.61. The number of carbonyl (C=O) groups is 3. The molecule has 4 N–H and O–H groups in total. The van der Waals surface area contributed by atoms with Crippen molar-refractivity contribution in [1.29, 1.82) is 0 Å². The zero-order valence-electron chi connectivity index (χ0n) is 33.1. The van der Waals surface area contributed by atoms with Crippen LogP contribution in [0.15, 0.2) is 36.5 Å². The number of nitrogens with two attached hydrogens (primary N) is 1. The molecule has 12 heteroatoms. The molecule has 0 aromatic heterocycles. The van der Waals surface area contributed by atoms with Crippen LogP contribution in [-0.4, -0.2) is 59.9 Å². The smallest absolute Gasteiger partial charge is 0.472 e. The number of esters is 2. The number of hydrogen-bond donors (Lipinski definition) is 3. The number of carboxylic acids is 1. The van der Waals surface area contributed by atoms with E-state index in [1.807, 2.05) is 0 Å². The fraction of sp³-hybridized carbons (Fsp3) is 0.780. The number of carboxylic acid groups (broad SMARTS) is 1.